The summed E-state index contributed by atoms with van der Waals surface area (Å²) in [5.41, 5.74) is 0. The highest BCUT2D eigenvalue weighted by atomic mass is 16.7. The maximum atomic E-state index is 13.3. The van der Waals surface area contributed by atoms with E-state index in [2.05, 4.69) is 116 Å². The number of allylic oxidation sites excluding steroid dienone is 16. The molecule has 0 aromatic heterocycles. The van der Waals surface area contributed by atoms with E-state index in [1.807, 2.05) is 0 Å². The van der Waals surface area contributed by atoms with E-state index in [-0.39, 0.29) is 18.9 Å². The fourth-order valence-electron chi connectivity index (χ4n) is 10.8. The van der Waals surface area contributed by atoms with Crippen molar-refractivity contribution in [2.24, 2.45) is 0 Å². The summed E-state index contributed by atoms with van der Waals surface area (Å²) < 4.78 is 22.9. The van der Waals surface area contributed by atoms with Crippen molar-refractivity contribution in [3.63, 3.8) is 0 Å². The molecule has 0 radical (unpaired) electrons. The van der Waals surface area contributed by atoms with Gasteiger partial charge in [0, 0.05) is 6.42 Å². The van der Waals surface area contributed by atoms with Crippen molar-refractivity contribution < 1.29 is 64.6 Å². The maximum absolute atomic E-state index is 13.3. The molecule has 86 heavy (non-hydrogen) atoms. The predicted octanol–water partition coefficient (Wildman–Crippen LogP) is 13.8. The molecule has 0 aliphatic carbocycles. The second kappa shape index (κ2) is 55.9. The van der Waals surface area contributed by atoms with Gasteiger partial charge in [0.2, 0.25) is 5.91 Å². The van der Waals surface area contributed by atoms with Crippen molar-refractivity contribution in [1.82, 2.24) is 5.32 Å². The lowest BCUT2D eigenvalue weighted by molar-refractivity contribution is -0.359. The number of amides is 1. The molecule has 0 aromatic carbocycles. The topological polar surface area (TPSA) is 228 Å². The molecule has 2 aliphatic rings. The molecule has 2 fully saturated rings. The second-order valence-electron chi connectivity index (χ2n) is 23.9. The van der Waals surface area contributed by atoms with Gasteiger partial charge in [-0.15, -0.1) is 0 Å². The Morgan fingerprint density at radius 1 is 0.430 bits per heavy atom. The molecule has 2 saturated heterocycles. The summed E-state index contributed by atoms with van der Waals surface area (Å²) in [6, 6.07) is -0.845. The summed E-state index contributed by atoms with van der Waals surface area (Å²) in [6.45, 7) is 2.75. The predicted molar refractivity (Wildman–Crippen MR) is 350 cm³/mol. The molecule has 14 heteroatoms. The Morgan fingerprint density at radius 2 is 0.802 bits per heavy atom. The molecule has 14 nitrogen and oxygen atoms in total. The zero-order valence-electron chi connectivity index (χ0n) is 53.8. The third-order valence-corrected chi connectivity index (χ3v) is 16.3. The molecule has 12 atom stereocenters. The molecule has 2 aliphatic heterocycles. The van der Waals surface area contributed by atoms with Gasteiger partial charge in [0.25, 0.3) is 0 Å². The van der Waals surface area contributed by atoms with Crippen LogP contribution in [-0.2, 0) is 23.7 Å². The van der Waals surface area contributed by atoms with Crippen LogP contribution in [0, 0.1) is 0 Å². The quantitative estimate of drug-likeness (QED) is 0.0204. The average Bonchev–Trinajstić information content (AvgIpc) is 2.54. The van der Waals surface area contributed by atoms with Crippen LogP contribution in [0.2, 0.25) is 0 Å². The Kier molecular flexibility index (Phi) is 51.4. The number of carbonyl (C=O) groups excluding carboxylic acids is 1. The number of aliphatic hydroxyl groups is 8. The van der Waals surface area contributed by atoms with Crippen molar-refractivity contribution in [2.75, 3.05) is 19.8 Å². The maximum Gasteiger partial charge on any atom is 0.220 e. The number of carbonyl (C=O) groups is 1. The van der Waals surface area contributed by atoms with Crippen LogP contribution in [0.5, 0.6) is 0 Å². The first-order valence-electron chi connectivity index (χ1n) is 34.5. The summed E-state index contributed by atoms with van der Waals surface area (Å²) in [6.07, 6.45) is 61.2. The summed E-state index contributed by atoms with van der Waals surface area (Å²) in [5, 5.41) is 87.6. The minimum absolute atomic E-state index is 0.223. The molecule has 12 unspecified atom stereocenters. The van der Waals surface area contributed by atoms with Crippen LogP contribution in [0.25, 0.3) is 0 Å². The lowest BCUT2D eigenvalue weighted by atomic mass is 9.97. The standard InChI is InChI=1S/C72H125NO13/c1-3-5-7-9-11-13-15-17-19-21-23-25-26-27-28-29-30-31-32-33-34-36-38-40-42-44-46-48-50-52-54-56-64(77)73-60(61(76)55-53-51-49-47-45-43-41-39-37-35-24-22-20-18-16-14-12-10-8-6-4-2)59-83-71-69(82)67(80)70(63(58-75)85-71)86-72-68(81)66(79)65(78)62(57-74)84-72/h5,7,11,13,17,19,23,25,27-28,30-31,33-34,38,40,60-63,65-72,74-76,78-82H,3-4,6,8-10,12,14-16,18,20-22,24,26,29,32,35-37,39,41-59H2,1-2H3,(H,73,77)/b7-5-,13-11-,19-17-,25-23-,28-27-,31-30-,34-33-,40-38-. The molecule has 496 valence electrons. The first kappa shape index (κ1) is 79.0. The number of unbranched alkanes of at least 4 members (excludes halogenated alkanes) is 26. The van der Waals surface area contributed by atoms with Gasteiger partial charge in [-0.25, -0.2) is 0 Å². The van der Waals surface area contributed by atoms with Crippen LogP contribution in [-0.4, -0.2) is 140 Å². The van der Waals surface area contributed by atoms with Crippen molar-refractivity contribution in [1.29, 1.82) is 0 Å². The SMILES string of the molecule is CC/C=C\C/C=C\C/C=C\C/C=C\C/C=C\C/C=C\C/C=C\C/C=C\CCCCCCCCC(=O)NC(COC1OC(CO)C(OC2OC(CO)C(O)C(O)C2O)C(O)C1O)C(O)CCCCCCCCCCCCCCCCCCCCCCC. The number of nitrogens with one attached hydrogen (secondary N) is 1. The van der Waals surface area contributed by atoms with Crippen molar-refractivity contribution in [2.45, 2.75) is 331 Å². The lowest BCUT2D eigenvalue weighted by Crippen LogP contribution is -2.65. The van der Waals surface area contributed by atoms with Crippen LogP contribution in [0.4, 0.5) is 0 Å². The molecular weight excluding hydrogens is 1090 g/mol. The van der Waals surface area contributed by atoms with E-state index in [0.29, 0.717) is 12.8 Å². The molecule has 2 heterocycles. The summed E-state index contributed by atoms with van der Waals surface area (Å²) in [4.78, 5) is 13.3. The molecule has 0 saturated carbocycles. The number of aliphatic hydroxyl groups excluding tert-OH is 8. The number of hydrogen-bond donors (Lipinski definition) is 9. The van der Waals surface area contributed by atoms with Gasteiger partial charge in [-0.05, 0) is 77.0 Å². The number of rotatable bonds is 55. The van der Waals surface area contributed by atoms with E-state index < -0.39 is 86.8 Å². The molecule has 1 amide bonds. The minimum Gasteiger partial charge on any atom is -0.394 e. The van der Waals surface area contributed by atoms with E-state index in [1.165, 1.54) is 109 Å². The summed E-state index contributed by atoms with van der Waals surface area (Å²) >= 11 is 0. The van der Waals surface area contributed by atoms with Gasteiger partial charge in [0.15, 0.2) is 12.6 Å². The lowest BCUT2D eigenvalue weighted by Gasteiger charge is -2.46. The Labute approximate surface area is 522 Å². The fourth-order valence-corrected chi connectivity index (χ4v) is 10.8. The fraction of sp³-hybridized carbons (Fsp3) is 0.764. The summed E-state index contributed by atoms with van der Waals surface area (Å²) in [7, 11) is 0. The minimum atomic E-state index is -1.79. The van der Waals surface area contributed by atoms with Crippen LogP contribution < -0.4 is 5.32 Å². The smallest absolute Gasteiger partial charge is 0.220 e. The molecule has 0 spiro atoms. The van der Waals surface area contributed by atoms with Crippen LogP contribution in [0.3, 0.4) is 0 Å². The van der Waals surface area contributed by atoms with Crippen LogP contribution in [0.1, 0.15) is 258 Å². The highest BCUT2D eigenvalue weighted by molar-refractivity contribution is 5.76. The van der Waals surface area contributed by atoms with E-state index in [4.69, 9.17) is 18.9 Å². The molecular formula is C72H125NO13. The van der Waals surface area contributed by atoms with Gasteiger partial charge in [-0.3, -0.25) is 4.79 Å². The van der Waals surface area contributed by atoms with Crippen LogP contribution >= 0.6 is 0 Å². The van der Waals surface area contributed by atoms with Gasteiger partial charge in [0.05, 0.1) is 32.0 Å². The zero-order valence-corrected chi connectivity index (χ0v) is 53.8. The van der Waals surface area contributed by atoms with Crippen molar-refractivity contribution in [3.8, 4) is 0 Å². The Balaban J connectivity index is 1.70. The largest absolute Gasteiger partial charge is 0.394 e. The monoisotopic (exact) mass is 1210 g/mol. The van der Waals surface area contributed by atoms with Gasteiger partial charge in [-0.2, -0.15) is 0 Å². The second-order valence-corrected chi connectivity index (χ2v) is 23.9. The van der Waals surface area contributed by atoms with Gasteiger partial charge >= 0.3 is 0 Å². The van der Waals surface area contributed by atoms with Crippen molar-refractivity contribution >= 4 is 5.91 Å². The van der Waals surface area contributed by atoms with E-state index in [0.717, 1.165) is 116 Å². The summed E-state index contributed by atoms with van der Waals surface area (Å²) in [5.74, 6) is -0.223. The Hall–Kier alpha value is -3.09. The van der Waals surface area contributed by atoms with Crippen molar-refractivity contribution in [3.05, 3.63) is 97.2 Å². The van der Waals surface area contributed by atoms with Crippen LogP contribution in [0.15, 0.2) is 97.2 Å². The van der Waals surface area contributed by atoms with E-state index in [1.54, 1.807) is 0 Å². The Morgan fingerprint density at radius 3 is 1.23 bits per heavy atom. The van der Waals surface area contributed by atoms with Gasteiger partial charge < -0.3 is 65.1 Å². The number of ether oxygens (including phenoxy) is 4. The highest BCUT2D eigenvalue weighted by Gasteiger charge is 2.51. The normalized spacial score (nSPS) is 24.0. The van der Waals surface area contributed by atoms with E-state index >= 15 is 0 Å². The zero-order chi connectivity index (χ0) is 62.3. The van der Waals surface area contributed by atoms with Gasteiger partial charge in [-0.1, -0.05) is 272 Å². The molecule has 0 bridgehead atoms. The molecule has 2 rings (SSSR count). The third kappa shape index (κ3) is 39.8. The molecule has 9 N–H and O–H groups in total. The average molecular weight is 1210 g/mol. The first-order chi connectivity index (χ1) is 42.1. The Bertz CT molecular complexity index is 1810. The van der Waals surface area contributed by atoms with Gasteiger partial charge in [0.1, 0.15) is 48.8 Å². The first-order valence-corrected chi connectivity index (χ1v) is 34.5. The number of hydrogen-bond acceptors (Lipinski definition) is 13. The van der Waals surface area contributed by atoms with E-state index in [9.17, 15) is 45.6 Å². The molecule has 0 aromatic rings. The highest BCUT2D eigenvalue weighted by Crippen LogP contribution is 2.30. The third-order valence-electron chi connectivity index (χ3n) is 16.3.